The fourth-order valence-electron chi connectivity index (χ4n) is 3.51. The van der Waals surface area contributed by atoms with Crippen LogP contribution in [0.2, 0.25) is 0 Å². The van der Waals surface area contributed by atoms with Crippen LogP contribution in [-0.2, 0) is 0 Å². The molecule has 0 N–H and O–H groups in total. The number of fused-ring (bicyclic) bond motifs is 1. The average Bonchev–Trinajstić information content (AvgIpc) is 3.13. The van der Waals surface area contributed by atoms with Gasteiger partial charge < -0.3 is 9.80 Å². The number of aryl methyl sites for hydroxylation is 1. The molecule has 0 spiro atoms. The van der Waals surface area contributed by atoms with Gasteiger partial charge in [-0.2, -0.15) is 0 Å². The molecule has 4 heterocycles. The molecule has 1 aliphatic heterocycles. The van der Waals surface area contributed by atoms with Gasteiger partial charge in [-0.3, -0.25) is 0 Å². The second-order valence-electron chi connectivity index (χ2n) is 6.74. The molecule has 0 aromatic carbocycles. The largest absolute Gasteiger partial charge is 0.357 e. The van der Waals surface area contributed by atoms with Crippen molar-refractivity contribution in [1.29, 1.82) is 0 Å². The van der Waals surface area contributed by atoms with Crippen LogP contribution in [0.25, 0.3) is 10.2 Å². The van der Waals surface area contributed by atoms with E-state index in [1.165, 1.54) is 6.33 Å². The van der Waals surface area contributed by atoms with E-state index in [0.717, 1.165) is 48.5 Å². The molecule has 8 heteroatoms. The van der Waals surface area contributed by atoms with Crippen molar-refractivity contribution < 1.29 is 4.39 Å². The highest BCUT2D eigenvalue weighted by Gasteiger charge is 2.24. The van der Waals surface area contributed by atoms with Crippen LogP contribution in [0.4, 0.5) is 16.0 Å². The molecular formula is C18H21FN6S. The summed E-state index contributed by atoms with van der Waals surface area (Å²) < 4.78 is 15.4. The number of piperidine rings is 1. The Morgan fingerprint density at radius 2 is 1.96 bits per heavy atom. The number of thiophene rings is 1. The maximum absolute atomic E-state index is 14.2. The molecule has 4 rings (SSSR count). The van der Waals surface area contributed by atoms with Crippen molar-refractivity contribution in [1.82, 2.24) is 19.9 Å². The molecule has 0 unspecified atom stereocenters. The van der Waals surface area contributed by atoms with Crippen LogP contribution >= 0.6 is 11.3 Å². The van der Waals surface area contributed by atoms with Gasteiger partial charge in [0.1, 0.15) is 18.5 Å². The van der Waals surface area contributed by atoms with E-state index in [-0.39, 0.29) is 5.82 Å². The number of rotatable bonds is 4. The van der Waals surface area contributed by atoms with E-state index in [9.17, 15) is 4.39 Å². The van der Waals surface area contributed by atoms with Crippen molar-refractivity contribution in [3.05, 3.63) is 35.6 Å². The Hall–Kier alpha value is -2.35. The summed E-state index contributed by atoms with van der Waals surface area (Å²) in [5.41, 5.74) is 1.40. The standard InChI is InChI=1S/C18H21FN6S/c1-12-15(19)17(22-10-20-12)24(2)9-13-3-6-25(7-4-13)18-16-14(5-8-26-16)21-11-23-18/h5,8,10-11,13H,3-4,6-7,9H2,1-2H3. The molecule has 0 amide bonds. The van der Waals surface area contributed by atoms with Gasteiger partial charge in [0.2, 0.25) is 0 Å². The van der Waals surface area contributed by atoms with Crippen LogP contribution in [0.5, 0.6) is 0 Å². The molecule has 6 nitrogen and oxygen atoms in total. The lowest BCUT2D eigenvalue weighted by molar-refractivity contribution is 0.405. The van der Waals surface area contributed by atoms with E-state index in [1.54, 1.807) is 24.6 Å². The number of nitrogens with zero attached hydrogens (tertiary/aromatic N) is 6. The number of anilines is 2. The van der Waals surface area contributed by atoms with E-state index in [0.29, 0.717) is 17.4 Å². The molecule has 3 aromatic rings. The van der Waals surface area contributed by atoms with Gasteiger partial charge in [-0.1, -0.05) is 0 Å². The summed E-state index contributed by atoms with van der Waals surface area (Å²) >= 11 is 1.69. The Kier molecular flexibility index (Phi) is 4.67. The predicted molar refractivity (Wildman–Crippen MR) is 102 cm³/mol. The first-order valence-electron chi connectivity index (χ1n) is 8.75. The summed E-state index contributed by atoms with van der Waals surface area (Å²) in [6.07, 6.45) is 5.17. The Morgan fingerprint density at radius 3 is 2.77 bits per heavy atom. The SMILES string of the molecule is Cc1ncnc(N(C)CC2CCN(c3ncnc4ccsc34)CC2)c1F. The van der Waals surface area contributed by atoms with Gasteiger partial charge in [-0.15, -0.1) is 11.3 Å². The van der Waals surface area contributed by atoms with Crippen LogP contribution in [0.1, 0.15) is 18.5 Å². The Labute approximate surface area is 155 Å². The summed E-state index contributed by atoms with van der Waals surface area (Å²) in [5, 5.41) is 2.06. The Bertz CT molecular complexity index is 906. The second-order valence-corrected chi connectivity index (χ2v) is 7.66. The smallest absolute Gasteiger partial charge is 0.186 e. The molecule has 26 heavy (non-hydrogen) atoms. The Morgan fingerprint density at radius 1 is 1.19 bits per heavy atom. The molecule has 0 saturated carbocycles. The first kappa shape index (κ1) is 17.1. The summed E-state index contributed by atoms with van der Waals surface area (Å²) in [6.45, 7) is 4.36. The zero-order valence-electron chi connectivity index (χ0n) is 14.9. The van der Waals surface area contributed by atoms with Gasteiger partial charge in [-0.25, -0.2) is 24.3 Å². The summed E-state index contributed by atoms with van der Waals surface area (Å²) in [7, 11) is 1.90. The van der Waals surface area contributed by atoms with Crippen LogP contribution < -0.4 is 9.80 Å². The quantitative estimate of drug-likeness (QED) is 0.700. The predicted octanol–water partition coefficient (Wildman–Crippen LogP) is 3.28. The van der Waals surface area contributed by atoms with Gasteiger partial charge in [0.15, 0.2) is 11.6 Å². The fraction of sp³-hybridized carbons (Fsp3) is 0.444. The third-order valence-electron chi connectivity index (χ3n) is 4.98. The Balaban J connectivity index is 1.41. The topological polar surface area (TPSA) is 58.0 Å². The monoisotopic (exact) mass is 372 g/mol. The van der Waals surface area contributed by atoms with Crippen LogP contribution in [0, 0.1) is 18.7 Å². The molecular weight excluding hydrogens is 351 g/mol. The number of hydrogen-bond acceptors (Lipinski definition) is 7. The zero-order valence-corrected chi connectivity index (χ0v) is 15.7. The first-order chi connectivity index (χ1) is 12.6. The first-order valence-corrected chi connectivity index (χ1v) is 9.63. The highest BCUT2D eigenvalue weighted by atomic mass is 32.1. The van der Waals surface area contributed by atoms with E-state index >= 15 is 0 Å². The molecule has 0 radical (unpaired) electrons. The van der Waals surface area contributed by atoms with Crippen LogP contribution in [0.3, 0.4) is 0 Å². The van der Waals surface area contributed by atoms with Crippen molar-refractivity contribution >= 4 is 33.2 Å². The fourth-order valence-corrected chi connectivity index (χ4v) is 4.38. The van der Waals surface area contributed by atoms with E-state index in [4.69, 9.17) is 0 Å². The van der Waals surface area contributed by atoms with E-state index < -0.39 is 0 Å². The lowest BCUT2D eigenvalue weighted by Crippen LogP contribution is -2.38. The third kappa shape index (κ3) is 3.21. The summed E-state index contributed by atoms with van der Waals surface area (Å²) in [4.78, 5) is 21.1. The molecule has 136 valence electrons. The minimum atomic E-state index is -0.325. The van der Waals surface area contributed by atoms with Gasteiger partial charge in [-0.05, 0) is 37.1 Å². The number of aromatic nitrogens is 4. The highest BCUT2D eigenvalue weighted by molar-refractivity contribution is 7.17. The minimum Gasteiger partial charge on any atom is -0.357 e. The molecule has 0 atom stereocenters. The lowest BCUT2D eigenvalue weighted by atomic mass is 9.96. The van der Waals surface area contributed by atoms with Gasteiger partial charge >= 0.3 is 0 Å². The summed E-state index contributed by atoms with van der Waals surface area (Å²) in [5.74, 6) is 1.60. The van der Waals surface area contributed by atoms with Crippen molar-refractivity contribution in [2.45, 2.75) is 19.8 Å². The maximum Gasteiger partial charge on any atom is 0.186 e. The molecule has 0 aliphatic carbocycles. The van der Waals surface area contributed by atoms with Crippen LogP contribution in [-0.4, -0.2) is 46.6 Å². The normalized spacial score (nSPS) is 15.6. The van der Waals surface area contributed by atoms with Crippen molar-refractivity contribution in [2.24, 2.45) is 5.92 Å². The number of hydrogen-bond donors (Lipinski definition) is 0. The third-order valence-corrected chi connectivity index (χ3v) is 5.88. The van der Waals surface area contributed by atoms with E-state index in [2.05, 4.69) is 30.2 Å². The summed E-state index contributed by atoms with van der Waals surface area (Å²) in [6, 6.07) is 2.03. The molecule has 1 fully saturated rings. The minimum absolute atomic E-state index is 0.325. The highest BCUT2D eigenvalue weighted by Crippen LogP contribution is 2.31. The van der Waals surface area contributed by atoms with Crippen molar-refractivity contribution in [2.75, 3.05) is 36.5 Å². The molecule has 1 aliphatic rings. The van der Waals surface area contributed by atoms with Gasteiger partial charge in [0, 0.05) is 26.7 Å². The van der Waals surface area contributed by atoms with Gasteiger partial charge in [0.05, 0.1) is 15.9 Å². The van der Waals surface area contributed by atoms with E-state index in [1.807, 2.05) is 18.0 Å². The van der Waals surface area contributed by atoms with Crippen molar-refractivity contribution in [3.63, 3.8) is 0 Å². The zero-order chi connectivity index (χ0) is 18.1. The number of halogens is 1. The second kappa shape index (κ2) is 7.11. The molecule has 1 saturated heterocycles. The van der Waals surface area contributed by atoms with Crippen LogP contribution in [0.15, 0.2) is 24.1 Å². The lowest BCUT2D eigenvalue weighted by Gasteiger charge is -2.35. The molecule has 3 aromatic heterocycles. The van der Waals surface area contributed by atoms with Gasteiger partial charge in [0.25, 0.3) is 0 Å². The van der Waals surface area contributed by atoms with Crippen molar-refractivity contribution in [3.8, 4) is 0 Å². The maximum atomic E-state index is 14.2. The molecule has 0 bridgehead atoms. The average molecular weight is 372 g/mol.